The fourth-order valence-corrected chi connectivity index (χ4v) is 3.65. The lowest BCUT2D eigenvalue weighted by Crippen LogP contribution is -2.42. The van der Waals surface area contributed by atoms with Crippen molar-refractivity contribution >= 4 is 11.8 Å². The number of aromatic nitrogens is 1. The molecule has 5 heteroatoms. The minimum absolute atomic E-state index is 0.000452. The second kappa shape index (κ2) is 8.70. The maximum atomic E-state index is 12.8. The van der Waals surface area contributed by atoms with Gasteiger partial charge in [0, 0.05) is 25.5 Å². The van der Waals surface area contributed by atoms with Crippen molar-refractivity contribution in [3.8, 4) is 0 Å². The van der Waals surface area contributed by atoms with Crippen LogP contribution in [0.2, 0.25) is 0 Å². The molecule has 2 aromatic rings. The molecule has 1 saturated heterocycles. The molecule has 0 radical (unpaired) electrons. The van der Waals surface area contributed by atoms with Crippen LogP contribution in [-0.4, -0.2) is 34.4 Å². The monoisotopic (exact) mass is 353 g/mol. The van der Waals surface area contributed by atoms with Gasteiger partial charge in [0.1, 0.15) is 0 Å². The molecule has 3 rings (SSSR count). The highest BCUT2D eigenvalue weighted by atomic mass is 16.2. The van der Waals surface area contributed by atoms with Crippen molar-refractivity contribution in [1.29, 1.82) is 0 Å². The standard InChI is InChI=1S/C21H27N3O2/c1-23-13-8-12-18(23)19-11-6-3-7-14-24(19)21(26)16-22-20(25)15-17-9-4-2-5-10-17/h2,4-5,8-10,12-13,19H,3,6-7,11,14-16H2,1H3,(H,22,25)/t19-/m1/s1. The minimum atomic E-state index is -0.116. The average Bonchev–Trinajstić information content (AvgIpc) is 2.92. The van der Waals surface area contributed by atoms with E-state index in [1.807, 2.05) is 54.5 Å². The smallest absolute Gasteiger partial charge is 0.242 e. The van der Waals surface area contributed by atoms with Gasteiger partial charge in [-0.3, -0.25) is 9.59 Å². The second-order valence-electron chi connectivity index (χ2n) is 6.94. The summed E-state index contributed by atoms with van der Waals surface area (Å²) in [5.74, 6) is -0.116. The molecular formula is C21H27N3O2. The van der Waals surface area contributed by atoms with Gasteiger partial charge in [-0.1, -0.05) is 43.2 Å². The van der Waals surface area contributed by atoms with Gasteiger partial charge in [-0.2, -0.15) is 0 Å². The molecule has 1 N–H and O–H groups in total. The molecule has 0 unspecified atom stereocenters. The highest BCUT2D eigenvalue weighted by molar-refractivity contribution is 5.86. The van der Waals surface area contributed by atoms with E-state index in [0.29, 0.717) is 6.42 Å². The van der Waals surface area contributed by atoms with Crippen LogP contribution >= 0.6 is 0 Å². The number of rotatable bonds is 5. The van der Waals surface area contributed by atoms with E-state index in [1.165, 1.54) is 0 Å². The summed E-state index contributed by atoms with van der Waals surface area (Å²) in [6.45, 7) is 0.815. The van der Waals surface area contributed by atoms with Crippen molar-refractivity contribution in [3.63, 3.8) is 0 Å². The predicted molar refractivity (Wildman–Crippen MR) is 101 cm³/mol. The summed E-state index contributed by atoms with van der Waals surface area (Å²) in [7, 11) is 2.02. The third kappa shape index (κ3) is 4.54. The zero-order valence-corrected chi connectivity index (χ0v) is 15.4. The summed E-state index contributed by atoms with van der Waals surface area (Å²) in [5, 5.41) is 2.79. The minimum Gasteiger partial charge on any atom is -0.353 e. The molecule has 0 saturated carbocycles. The quantitative estimate of drug-likeness (QED) is 0.899. The summed E-state index contributed by atoms with van der Waals surface area (Å²) < 4.78 is 2.09. The van der Waals surface area contributed by atoms with Gasteiger partial charge in [-0.05, 0) is 30.5 Å². The number of aryl methyl sites for hydroxylation is 1. The normalized spacial score (nSPS) is 17.6. The molecule has 1 aliphatic rings. The number of hydrogen-bond acceptors (Lipinski definition) is 2. The van der Waals surface area contributed by atoms with Gasteiger partial charge >= 0.3 is 0 Å². The van der Waals surface area contributed by atoms with Crippen LogP contribution in [0.15, 0.2) is 48.7 Å². The van der Waals surface area contributed by atoms with Gasteiger partial charge < -0.3 is 14.8 Å². The first kappa shape index (κ1) is 18.2. The molecule has 0 aliphatic carbocycles. The molecule has 26 heavy (non-hydrogen) atoms. The summed E-state index contributed by atoms with van der Waals surface area (Å²) in [6.07, 6.45) is 6.58. The lowest BCUT2D eigenvalue weighted by molar-refractivity contribution is -0.135. The molecule has 0 bridgehead atoms. The van der Waals surface area contributed by atoms with E-state index in [2.05, 4.69) is 16.0 Å². The van der Waals surface area contributed by atoms with Crippen LogP contribution in [0.3, 0.4) is 0 Å². The van der Waals surface area contributed by atoms with Crippen molar-refractivity contribution in [2.24, 2.45) is 7.05 Å². The molecule has 5 nitrogen and oxygen atoms in total. The van der Waals surface area contributed by atoms with Crippen LogP contribution < -0.4 is 5.32 Å². The number of carbonyl (C=O) groups is 2. The molecule has 2 heterocycles. The van der Waals surface area contributed by atoms with Crippen LogP contribution in [0, 0.1) is 0 Å². The fraction of sp³-hybridized carbons (Fsp3) is 0.429. The molecule has 2 amide bonds. The van der Waals surface area contributed by atoms with Gasteiger partial charge in [0.05, 0.1) is 19.0 Å². The highest BCUT2D eigenvalue weighted by Crippen LogP contribution is 2.30. The predicted octanol–water partition coefficient (Wildman–Crippen LogP) is 2.83. The van der Waals surface area contributed by atoms with Crippen LogP contribution in [0.1, 0.15) is 43.0 Å². The Hall–Kier alpha value is -2.56. The Balaban J connectivity index is 1.61. The number of likely N-dealkylation sites (tertiary alicyclic amines) is 1. The first-order valence-electron chi connectivity index (χ1n) is 9.36. The molecule has 0 spiro atoms. The van der Waals surface area contributed by atoms with Crippen LogP contribution in [0.4, 0.5) is 0 Å². The van der Waals surface area contributed by atoms with Gasteiger partial charge in [0.25, 0.3) is 0 Å². The third-order valence-corrected chi connectivity index (χ3v) is 5.04. The highest BCUT2D eigenvalue weighted by Gasteiger charge is 2.28. The maximum Gasteiger partial charge on any atom is 0.242 e. The van der Waals surface area contributed by atoms with Crippen molar-refractivity contribution in [1.82, 2.24) is 14.8 Å². The number of carbonyl (C=O) groups excluding carboxylic acids is 2. The molecule has 138 valence electrons. The van der Waals surface area contributed by atoms with Crippen molar-refractivity contribution in [3.05, 3.63) is 59.9 Å². The first-order valence-corrected chi connectivity index (χ1v) is 9.36. The van der Waals surface area contributed by atoms with E-state index in [-0.39, 0.29) is 24.4 Å². The molecule has 1 aromatic carbocycles. The molecule has 1 aromatic heterocycles. The van der Waals surface area contributed by atoms with E-state index in [9.17, 15) is 9.59 Å². The van der Waals surface area contributed by atoms with Crippen molar-refractivity contribution < 1.29 is 9.59 Å². The second-order valence-corrected chi connectivity index (χ2v) is 6.94. The number of amides is 2. The van der Waals surface area contributed by atoms with E-state index < -0.39 is 0 Å². The Morgan fingerprint density at radius 3 is 2.62 bits per heavy atom. The van der Waals surface area contributed by atoms with E-state index in [1.54, 1.807) is 0 Å². The number of nitrogens with one attached hydrogen (secondary N) is 1. The van der Waals surface area contributed by atoms with Crippen molar-refractivity contribution in [2.45, 2.75) is 38.1 Å². The van der Waals surface area contributed by atoms with Crippen LogP contribution in [0.25, 0.3) is 0 Å². The zero-order chi connectivity index (χ0) is 18.4. The van der Waals surface area contributed by atoms with Crippen molar-refractivity contribution in [2.75, 3.05) is 13.1 Å². The largest absolute Gasteiger partial charge is 0.353 e. The Morgan fingerprint density at radius 1 is 1.08 bits per heavy atom. The van der Waals surface area contributed by atoms with E-state index in [0.717, 1.165) is 43.5 Å². The molecule has 1 aliphatic heterocycles. The Bertz CT molecular complexity index is 739. The van der Waals surface area contributed by atoms with Gasteiger partial charge in [-0.15, -0.1) is 0 Å². The Morgan fingerprint density at radius 2 is 1.88 bits per heavy atom. The summed E-state index contributed by atoms with van der Waals surface area (Å²) >= 11 is 0. The fourth-order valence-electron chi connectivity index (χ4n) is 3.65. The summed E-state index contributed by atoms with van der Waals surface area (Å²) in [4.78, 5) is 26.9. The first-order chi connectivity index (χ1) is 12.6. The molecule has 1 fully saturated rings. The topological polar surface area (TPSA) is 54.3 Å². The van der Waals surface area contributed by atoms with E-state index in [4.69, 9.17) is 0 Å². The van der Waals surface area contributed by atoms with Gasteiger partial charge in [0.15, 0.2) is 0 Å². The SMILES string of the molecule is Cn1cccc1[C@H]1CCCCCN1C(=O)CNC(=O)Cc1ccccc1. The lowest BCUT2D eigenvalue weighted by atomic mass is 10.1. The Labute approximate surface area is 155 Å². The zero-order valence-electron chi connectivity index (χ0n) is 15.4. The number of nitrogens with zero attached hydrogens (tertiary/aromatic N) is 2. The van der Waals surface area contributed by atoms with E-state index >= 15 is 0 Å². The number of hydrogen-bond donors (Lipinski definition) is 1. The van der Waals surface area contributed by atoms with Crippen LogP contribution in [0.5, 0.6) is 0 Å². The summed E-state index contributed by atoms with van der Waals surface area (Å²) in [6, 6.07) is 13.8. The molecule has 1 atom stereocenters. The number of benzene rings is 1. The summed E-state index contributed by atoms with van der Waals surface area (Å²) in [5.41, 5.74) is 2.12. The average molecular weight is 353 g/mol. The molecular weight excluding hydrogens is 326 g/mol. The maximum absolute atomic E-state index is 12.8. The Kier molecular flexibility index (Phi) is 6.10. The lowest BCUT2D eigenvalue weighted by Gasteiger charge is -2.30. The third-order valence-electron chi connectivity index (χ3n) is 5.04. The van der Waals surface area contributed by atoms with Crippen LogP contribution in [-0.2, 0) is 23.1 Å². The van der Waals surface area contributed by atoms with Gasteiger partial charge in [-0.25, -0.2) is 0 Å². The van der Waals surface area contributed by atoms with Gasteiger partial charge in [0.2, 0.25) is 11.8 Å².